The van der Waals surface area contributed by atoms with Crippen molar-refractivity contribution < 1.29 is 0 Å². The van der Waals surface area contributed by atoms with Crippen LogP contribution >= 0.6 is 12.2 Å². The summed E-state index contributed by atoms with van der Waals surface area (Å²) >= 11 is 5.40. The summed E-state index contributed by atoms with van der Waals surface area (Å²) in [5.41, 5.74) is 0.856. The maximum atomic E-state index is 5.40. The Bertz CT molecular complexity index is 623. The minimum atomic E-state index is 0.494. The molecule has 3 rings (SSSR count). The van der Waals surface area contributed by atoms with Gasteiger partial charge in [-0.15, -0.1) is 10.2 Å². The Morgan fingerprint density at radius 3 is 3.05 bits per heavy atom. The number of nitrogens with zero attached hydrogens (tertiary/aromatic N) is 3. The van der Waals surface area contributed by atoms with Crippen LogP contribution in [0.2, 0.25) is 0 Å². The second-order valence-electron chi connectivity index (χ2n) is 5.74. The third kappa shape index (κ3) is 3.32. The highest BCUT2D eigenvalue weighted by atomic mass is 32.1. The zero-order chi connectivity index (χ0) is 14.7. The van der Waals surface area contributed by atoms with Gasteiger partial charge in [0.15, 0.2) is 16.6 Å². The topological polar surface area (TPSA) is 54.2 Å². The summed E-state index contributed by atoms with van der Waals surface area (Å²) in [4.78, 5) is 0. The second kappa shape index (κ2) is 6.39. The summed E-state index contributed by atoms with van der Waals surface area (Å²) in [6.45, 7) is 2.88. The number of aromatic nitrogens is 3. The van der Waals surface area contributed by atoms with Crippen LogP contribution in [0.25, 0.3) is 5.65 Å². The second-order valence-corrected chi connectivity index (χ2v) is 6.15. The fourth-order valence-corrected chi connectivity index (χ4v) is 3.14. The molecular formula is C15H21N5S. The van der Waals surface area contributed by atoms with Crippen molar-refractivity contribution in [3.8, 4) is 0 Å². The molecule has 2 aromatic rings. The van der Waals surface area contributed by atoms with E-state index in [1.807, 2.05) is 28.8 Å². The molecule has 0 aliphatic heterocycles. The van der Waals surface area contributed by atoms with Gasteiger partial charge in [-0.3, -0.25) is 4.40 Å². The number of fused-ring (bicyclic) bond motifs is 1. The summed E-state index contributed by atoms with van der Waals surface area (Å²) in [5.74, 6) is 1.55. The number of hydrogen-bond donors (Lipinski definition) is 2. The minimum absolute atomic E-state index is 0.494. The molecule has 0 saturated heterocycles. The predicted molar refractivity (Wildman–Crippen MR) is 87.0 cm³/mol. The van der Waals surface area contributed by atoms with Crippen molar-refractivity contribution in [1.82, 2.24) is 25.2 Å². The van der Waals surface area contributed by atoms with Gasteiger partial charge in [0.05, 0.1) is 6.54 Å². The smallest absolute Gasteiger partial charge is 0.166 e. The van der Waals surface area contributed by atoms with Crippen LogP contribution < -0.4 is 10.6 Å². The van der Waals surface area contributed by atoms with E-state index in [4.69, 9.17) is 12.2 Å². The quantitative estimate of drug-likeness (QED) is 0.852. The van der Waals surface area contributed by atoms with Crippen molar-refractivity contribution in [3.63, 3.8) is 0 Å². The van der Waals surface area contributed by atoms with Gasteiger partial charge in [-0.2, -0.15) is 0 Å². The molecule has 21 heavy (non-hydrogen) atoms. The lowest BCUT2D eigenvalue weighted by Crippen LogP contribution is -2.45. The van der Waals surface area contributed by atoms with Crippen molar-refractivity contribution >= 4 is 23.0 Å². The van der Waals surface area contributed by atoms with Crippen LogP contribution in [0, 0.1) is 5.92 Å². The van der Waals surface area contributed by atoms with E-state index >= 15 is 0 Å². The van der Waals surface area contributed by atoms with Gasteiger partial charge in [0.1, 0.15) is 0 Å². The van der Waals surface area contributed by atoms with Gasteiger partial charge in [-0.1, -0.05) is 25.8 Å². The summed E-state index contributed by atoms with van der Waals surface area (Å²) < 4.78 is 1.97. The van der Waals surface area contributed by atoms with Crippen molar-refractivity contribution in [3.05, 3.63) is 30.2 Å². The Morgan fingerprint density at radius 1 is 1.33 bits per heavy atom. The molecule has 0 bridgehead atoms. The Labute approximate surface area is 130 Å². The Balaban J connectivity index is 1.56. The van der Waals surface area contributed by atoms with Gasteiger partial charge >= 0.3 is 0 Å². The predicted octanol–water partition coefficient (Wildman–Crippen LogP) is 2.27. The van der Waals surface area contributed by atoms with Crippen LogP contribution in [-0.2, 0) is 6.54 Å². The largest absolute Gasteiger partial charge is 0.360 e. The minimum Gasteiger partial charge on any atom is -0.360 e. The maximum absolute atomic E-state index is 5.40. The number of rotatable bonds is 3. The molecule has 0 unspecified atom stereocenters. The van der Waals surface area contributed by atoms with E-state index in [0.717, 1.165) is 11.5 Å². The fraction of sp³-hybridized carbons (Fsp3) is 0.533. The number of pyridine rings is 1. The van der Waals surface area contributed by atoms with E-state index in [2.05, 4.69) is 27.8 Å². The Kier molecular flexibility index (Phi) is 4.34. The molecule has 2 atom stereocenters. The van der Waals surface area contributed by atoms with Crippen LogP contribution in [0.15, 0.2) is 24.4 Å². The van der Waals surface area contributed by atoms with E-state index in [1.165, 1.54) is 25.7 Å². The molecule has 0 spiro atoms. The molecule has 0 amide bonds. The normalized spacial score (nSPS) is 22.1. The molecule has 1 aliphatic rings. The van der Waals surface area contributed by atoms with E-state index in [9.17, 15) is 0 Å². The van der Waals surface area contributed by atoms with Crippen LogP contribution in [0.5, 0.6) is 0 Å². The molecule has 5 nitrogen and oxygen atoms in total. The standard InChI is InChI=1S/C15H21N5S/c1-11-6-2-3-7-12(11)17-15(21)16-10-14-19-18-13-8-4-5-9-20(13)14/h4-5,8-9,11-12H,2-3,6-7,10H2,1H3,(H2,16,17,21)/t11-,12-/m0/s1. The molecule has 6 heteroatoms. The first-order valence-electron chi connectivity index (χ1n) is 7.57. The monoisotopic (exact) mass is 303 g/mol. The Hall–Kier alpha value is -1.69. The summed E-state index contributed by atoms with van der Waals surface area (Å²) in [7, 11) is 0. The lowest BCUT2D eigenvalue weighted by Gasteiger charge is -2.30. The average Bonchev–Trinajstić information content (AvgIpc) is 2.91. The van der Waals surface area contributed by atoms with Gasteiger partial charge < -0.3 is 10.6 Å². The fourth-order valence-electron chi connectivity index (χ4n) is 2.92. The number of nitrogens with one attached hydrogen (secondary N) is 2. The zero-order valence-corrected chi connectivity index (χ0v) is 13.1. The van der Waals surface area contributed by atoms with Gasteiger partial charge in [0.2, 0.25) is 0 Å². The van der Waals surface area contributed by atoms with Crippen molar-refractivity contribution in [2.75, 3.05) is 0 Å². The van der Waals surface area contributed by atoms with E-state index < -0.39 is 0 Å². The third-order valence-corrected chi connectivity index (χ3v) is 4.48. The Morgan fingerprint density at radius 2 is 2.19 bits per heavy atom. The molecule has 2 aromatic heterocycles. The summed E-state index contributed by atoms with van der Waals surface area (Å²) in [5, 5.41) is 15.7. The first-order chi connectivity index (χ1) is 10.2. The van der Waals surface area contributed by atoms with Crippen LogP contribution in [-0.4, -0.2) is 25.8 Å². The summed E-state index contributed by atoms with van der Waals surface area (Å²) in [6, 6.07) is 6.36. The summed E-state index contributed by atoms with van der Waals surface area (Å²) in [6.07, 6.45) is 7.09. The molecule has 1 aliphatic carbocycles. The van der Waals surface area contributed by atoms with Crippen LogP contribution in [0.1, 0.15) is 38.4 Å². The highest BCUT2D eigenvalue weighted by Crippen LogP contribution is 2.23. The first kappa shape index (κ1) is 14.3. The zero-order valence-electron chi connectivity index (χ0n) is 12.2. The number of thiocarbonyl (C=S) groups is 1. The molecule has 112 valence electrons. The lowest BCUT2D eigenvalue weighted by molar-refractivity contribution is 0.308. The molecular weight excluding hydrogens is 282 g/mol. The third-order valence-electron chi connectivity index (χ3n) is 4.22. The molecule has 1 fully saturated rings. The molecule has 0 radical (unpaired) electrons. The van der Waals surface area contributed by atoms with Gasteiger partial charge in [0, 0.05) is 12.2 Å². The van der Waals surface area contributed by atoms with Crippen molar-refractivity contribution in [2.45, 2.75) is 45.2 Å². The van der Waals surface area contributed by atoms with E-state index in [-0.39, 0.29) is 0 Å². The highest BCUT2D eigenvalue weighted by molar-refractivity contribution is 7.80. The SMILES string of the molecule is C[C@H]1CCCC[C@@H]1NC(=S)NCc1nnc2ccccn12. The van der Waals surface area contributed by atoms with Gasteiger partial charge in [-0.25, -0.2) is 0 Å². The van der Waals surface area contributed by atoms with Gasteiger partial charge in [-0.05, 0) is 43.1 Å². The van der Waals surface area contributed by atoms with Crippen LogP contribution in [0.3, 0.4) is 0 Å². The van der Waals surface area contributed by atoms with E-state index in [0.29, 0.717) is 23.6 Å². The van der Waals surface area contributed by atoms with E-state index in [1.54, 1.807) is 0 Å². The van der Waals surface area contributed by atoms with Crippen molar-refractivity contribution in [1.29, 1.82) is 0 Å². The maximum Gasteiger partial charge on any atom is 0.166 e. The first-order valence-corrected chi connectivity index (χ1v) is 7.98. The molecule has 2 heterocycles. The lowest BCUT2D eigenvalue weighted by atomic mass is 9.86. The highest BCUT2D eigenvalue weighted by Gasteiger charge is 2.21. The number of hydrogen-bond acceptors (Lipinski definition) is 3. The molecule has 1 saturated carbocycles. The average molecular weight is 303 g/mol. The van der Waals surface area contributed by atoms with Crippen LogP contribution in [0.4, 0.5) is 0 Å². The molecule has 0 aromatic carbocycles. The van der Waals surface area contributed by atoms with Crippen molar-refractivity contribution in [2.24, 2.45) is 5.92 Å². The van der Waals surface area contributed by atoms with Gasteiger partial charge in [0.25, 0.3) is 0 Å². The molecule has 2 N–H and O–H groups in total.